The molecular weight excluding hydrogens is 359 g/mol. The van der Waals surface area contributed by atoms with Gasteiger partial charge in [-0.05, 0) is 40.5 Å². The molecule has 21 heavy (non-hydrogen) atoms. The van der Waals surface area contributed by atoms with Crippen LogP contribution in [-0.4, -0.2) is 11.7 Å². The Morgan fingerprint density at radius 2 is 2.10 bits per heavy atom. The maximum atomic E-state index is 14.1. The average Bonchev–Trinajstić information content (AvgIpc) is 2.49. The molecule has 0 aromatic heterocycles. The lowest BCUT2D eigenvalue weighted by molar-refractivity contribution is 0.114. The van der Waals surface area contributed by atoms with E-state index in [0.29, 0.717) is 22.5 Å². The molecule has 0 amide bonds. The molecule has 2 aromatic rings. The predicted octanol–water partition coefficient (Wildman–Crippen LogP) is 4.84. The highest BCUT2D eigenvalue weighted by molar-refractivity contribution is 9.10. The average molecular weight is 372 g/mol. The Morgan fingerprint density at radius 3 is 2.90 bits per heavy atom. The third-order valence-electron chi connectivity index (χ3n) is 3.74. The van der Waals surface area contributed by atoms with E-state index in [1.165, 1.54) is 12.1 Å². The first-order chi connectivity index (χ1) is 10.1. The third kappa shape index (κ3) is 2.80. The van der Waals surface area contributed by atoms with E-state index in [1.807, 2.05) is 24.3 Å². The summed E-state index contributed by atoms with van der Waals surface area (Å²) in [4.78, 5) is 0. The van der Waals surface area contributed by atoms with Crippen molar-refractivity contribution in [1.82, 2.24) is 0 Å². The number of aliphatic hydroxyl groups excluding tert-OH is 1. The summed E-state index contributed by atoms with van der Waals surface area (Å²) in [5.74, 6) is 0.0702. The molecule has 5 heteroatoms. The number of fused-ring (bicyclic) bond motifs is 1. The fourth-order valence-electron chi connectivity index (χ4n) is 2.68. The fraction of sp³-hybridized carbons (Fsp3) is 0.250. The Bertz CT molecular complexity index is 677. The van der Waals surface area contributed by atoms with Crippen molar-refractivity contribution in [2.45, 2.75) is 18.4 Å². The Labute approximate surface area is 135 Å². The fourth-order valence-corrected chi connectivity index (χ4v) is 3.17. The van der Waals surface area contributed by atoms with E-state index in [9.17, 15) is 9.50 Å². The third-order valence-corrected chi connectivity index (χ3v) is 4.94. The molecule has 0 saturated carbocycles. The van der Waals surface area contributed by atoms with Crippen molar-refractivity contribution >= 4 is 27.5 Å². The molecule has 1 aliphatic rings. The van der Waals surface area contributed by atoms with Crippen molar-refractivity contribution < 1.29 is 14.2 Å². The van der Waals surface area contributed by atoms with Crippen molar-refractivity contribution in [3.8, 4) is 5.75 Å². The minimum absolute atomic E-state index is 0.207. The molecule has 0 fully saturated rings. The van der Waals surface area contributed by atoms with Crippen molar-refractivity contribution in [3.63, 3.8) is 0 Å². The number of benzene rings is 2. The van der Waals surface area contributed by atoms with Crippen LogP contribution in [0.5, 0.6) is 5.75 Å². The van der Waals surface area contributed by atoms with Gasteiger partial charge in [-0.2, -0.15) is 0 Å². The molecule has 1 aliphatic heterocycles. The van der Waals surface area contributed by atoms with Crippen LogP contribution in [0.1, 0.15) is 29.6 Å². The van der Waals surface area contributed by atoms with Gasteiger partial charge in [0.05, 0.1) is 17.7 Å². The number of rotatable bonds is 2. The maximum Gasteiger partial charge on any atom is 0.130 e. The van der Waals surface area contributed by atoms with Gasteiger partial charge < -0.3 is 9.84 Å². The number of aliphatic hydroxyl groups is 1. The van der Waals surface area contributed by atoms with Crippen molar-refractivity contribution in [3.05, 3.63) is 62.8 Å². The van der Waals surface area contributed by atoms with E-state index < -0.39 is 11.9 Å². The topological polar surface area (TPSA) is 29.5 Å². The maximum absolute atomic E-state index is 14.1. The first-order valence-corrected chi connectivity index (χ1v) is 7.79. The summed E-state index contributed by atoms with van der Waals surface area (Å²) in [5, 5.41) is 11.0. The van der Waals surface area contributed by atoms with E-state index in [-0.39, 0.29) is 11.5 Å². The number of ether oxygens (including phenoxy) is 1. The minimum atomic E-state index is -0.958. The zero-order valence-electron chi connectivity index (χ0n) is 11.0. The Hall–Kier alpha value is -1.10. The molecule has 0 aliphatic carbocycles. The van der Waals surface area contributed by atoms with Gasteiger partial charge in [-0.3, -0.25) is 0 Å². The normalized spacial score (nSPS) is 18.8. The van der Waals surface area contributed by atoms with E-state index in [0.717, 1.165) is 11.3 Å². The Kier molecular flexibility index (Phi) is 4.20. The van der Waals surface area contributed by atoms with E-state index >= 15 is 0 Å². The van der Waals surface area contributed by atoms with Crippen molar-refractivity contribution in [2.75, 3.05) is 6.61 Å². The lowest BCUT2D eigenvalue weighted by Crippen LogP contribution is -2.20. The first kappa shape index (κ1) is 14.8. The summed E-state index contributed by atoms with van der Waals surface area (Å²) in [5.41, 5.74) is 1.11. The monoisotopic (exact) mass is 370 g/mol. The van der Waals surface area contributed by atoms with Gasteiger partial charge in [0, 0.05) is 21.5 Å². The van der Waals surface area contributed by atoms with Crippen LogP contribution in [0.3, 0.4) is 0 Å². The predicted molar refractivity (Wildman–Crippen MR) is 83.4 cm³/mol. The van der Waals surface area contributed by atoms with Gasteiger partial charge in [0.2, 0.25) is 0 Å². The molecule has 0 radical (unpaired) electrons. The zero-order valence-corrected chi connectivity index (χ0v) is 13.4. The molecule has 2 aromatic carbocycles. The van der Waals surface area contributed by atoms with Crippen LogP contribution in [0.25, 0.3) is 0 Å². The highest BCUT2D eigenvalue weighted by Gasteiger charge is 2.30. The van der Waals surface area contributed by atoms with E-state index in [4.69, 9.17) is 16.3 Å². The molecular formula is C16H13BrClFO2. The summed E-state index contributed by atoms with van der Waals surface area (Å²) in [6.45, 7) is 0.505. The SMILES string of the molecule is OC(c1cc(Cl)c(Br)cc1F)C1CCOc2ccccc21. The number of para-hydroxylation sites is 1. The molecule has 2 unspecified atom stereocenters. The van der Waals surface area contributed by atoms with Crippen LogP contribution in [0, 0.1) is 5.82 Å². The molecule has 110 valence electrons. The van der Waals surface area contributed by atoms with Crippen LogP contribution in [-0.2, 0) is 0 Å². The minimum Gasteiger partial charge on any atom is -0.493 e. The highest BCUT2D eigenvalue weighted by Crippen LogP contribution is 2.42. The first-order valence-electron chi connectivity index (χ1n) is 6.62. The van der Waals surface area contributed by atoms with Gasteiger partial charge in [0.25, 0.3) is 0 Å². The highest BCUT2D eigenvalue weighted by atomic mass is 79.9. The van der Waals surface area contributed by atoms with Crippen molar-refractivity contribution in [2.24, 2.45) is 0 Å². The molecule has 2 nitrogen and oxygen atoms in total. The number of halogens is 3. The van der Waals surface area contributed by atoms with Gasteiger partial charge in [0.1, 0.15) is 11.6 Å². The number of hydrogen-bond acceptors (Lipinski definition) is 2. The standard InChI is InChI=1S/C16H13BrClFO2/c17-12-8-14(19)11(7-13(12)18)16(20)10-5-6-21-15-4-2-1-3-9(10)15/h1-4,7-8,10,16,20H,5-6H2. The Morgan fingerprint density at radius 1 is 1.33 bits per heavy atom. The molecule has 0 bridgehead atoms. The molecule has 0 spiro atoms. The van der Waals surface area contributed by atoms with Crippen LogP contribution >= 0.6 is 27.5 Å². The Balaban J connectivity index is 2.00. The summed E-state index contributed by atoms with van der Waals surface area (Å²) in [7, 11) is 0. The summed E-state index contributed by atoms with van der Waals surface area (Å²) < 4.78 is 20.2. The molecule has 1 heterocycles. The van der Waals surface area contributed by atoms with Crippen molar-refractivity contribution in [1.29, 1.82) is 0 Å². The molecule has 1 N–H and O–H groups in total. The second-order valence-electron chi connectivity index (χ2n) is 5.01. The van der Waals surface area contributed by atoms with Crippen LogP contribution in [0.15, 0.2) is 40.9 Å². The van der Waals surface area contributed by atoms with E-state index in [2.05, 4.69) is 15.9 Å². The van der Waals surface area contributed by atoms with Crippen LogP contribution in [0.2, 0.25) is 5.02 Å². The summed E-state index contributed by atoms with van der Waals surface area (Å²) in [6.07, 6.45) is -0.327. The molecule has 0 saturated heterocycles. The zero-order chi connectivity index (χ0) is 15.0. The second kappa shape index (κ2) is 5.95. The summed E-state index contributed by atoms with van der Waals surface area (Å²) >= 11 is 9.20. The largest absolute Gasteiger partial charge is 0.493 e. The summed E-state index contributed by atoms with van der Waals surface area (Å²) in [6, 6.07) is 10.3. The number of hydrogen-bond donors (Lipinski definition) is 1. The molecule has 3 rings (SSSR count). The molecule has 2 atom stereocenters. The van der Waals surface area contributed by atoms with Gasteiger partial charge in [-0.15, -0.1) is 0 Å². The lowest BCUT2D eigenvalue weighted by atomic mass is 9.85. The van der Waals surface area contributed by atoms with Crippen LogP contribution in [0.4, 0.5) is 4.39 Å². The van der Waals surface area contributed by atoms with Gasteiger partial charge >= 0.3 is 0 Å². The van der Waals surface area contributed by atoms with E-state index in [1.54, 1.807) is 0 Å². The quantitative estimate of drug-likeness (QED) is 0.765. The smallest absolute Gasteiger partial charge is 0.130 e. The van der Waals surface area contributed by atoms with Gasteiger partial charge in [0.15, 0.2) is 0 Å². The van der Waals surface area contributed by atoms with Crippen LogP contribution < -0.4 is 4.74 Å². The van der Waals surface area contributed by atoms with Gasteiger partial charge in [-0.25, -0.2) is 4.39 Å². The van der Waals surface area contributed by atoms with Gasteiger partial charge in [-0.1, -0.05) is 29.8 Å². The second-order valence-corrected chi connectivity index (χ2v) is 6.28. The lowest BCUT2D eigenvalue weighted by Gasteiger charge is -2.30.